The van der Waals surface area contributed by atoms with Crippen LogP contribution < -0.4 is 0 Å². The van der Waals surface area contributed by atoms with Crippen molar-refractivity contribution in [1.29, 1.82) is 0 Å². The third-order valence-electron chi connectivity index (χ3n) is 2.56. The van der Waals surface area contributed by atoms with E-state index in [1.807, 2.05) is 13.0 Å². The Morgan fingerprint density at radius 1 is 1.50 bits per heavy atom. The first-order valence-corrected chi connectivity index (χ1v) is 6.32. The van der Waals surface area contributed by atoms with Crippen LogP contribution in [0.15, 0.2) is 18.2 Å². The van der Waals surface area contributed by atoms with Crippen LogP contribution in [0.4, 0.5) is 0 Å². The maximum absolute atomic E-state index is 6.13. The minimum absolute atomic E-state index is 0.0000723. The second-order valence-corrected chi connectivity index (χ2v) is 5.01. The molecule has 0 saturated carbocycles. The Bertz CT molecular complexity index is 400. The van der Waals surface area contributed by atoms with Crippen molar-refractivity contribution in [3.63, 3.8) is 0 Å². The highest BCUT2D eigenvalue weighted by atomic mass is 35.5. The van der Waals surface area contributed by atoms with Gasteiger partial charge < -0.3 is 9.47 Å². The van der Waals surface area contributed by atoms with Gasteiger partial charge in [-0.25, -0.2) is 0 Å². The lowest BCUT2D eigenvalue weighted by Gasteiger charge is -2.24. The SMILES string of the molecule is C[C@@]1(c2ccc(Cl)cc2Cl)OC[C@@H](CS)O1. The summed E-state index contributed by atoms with van der Waals surface area (Å²) in [5, 5.41) is 1.15. The van der Waals surface area contributed by atoms with E-state index in [1.165, 1.54) is 0 Å². The molecule has 2 rings (SSSR count). The second-order valence-electron chi connectivity index (χ2n) is 3.80. The van der Waals surface area contributed by atoms with Gasteiger partial charge in [-0.2, -0.15) is 12.6 Å². The first-order chi connectivity index (χ1) is 7.55. The average Bonchev–Trinajstić information content (AvgIpc) is 2.61. The molecule has 2 atom stereocenters. The van der Waals surface area contributed by atoms with Crippen LogP contribution in [0.1, 0.15) is 12.5 Å². The van der Waals surface area contributed by atoms with Crippen molar-refractivity contribution in [2.45, 2.75) is 18.8 Å². The fraction of sp³-hybridized carbons (Fsp3) is 0.455. The van der Waals surface area contributed by atoms with Gasteiger partial charge in [0.25, 0.3) is 0 Å². The van der Waals surface area contributed by atoms with Gasteiger partial charge in [0.2, 0.25) is 0 Å². The maximum atomic E-state index is 6.13. The predicted molar refractivity (Wildman–Crippen MR) is 68.5 cm³/mol. The normalized spacial score (nSPS) is 29.6. The minimum Gasteiger partial charge on any atom is -0.343 e. The van der Waals surface area contributed by atoms with Crippen LogP contribution in [-0.4, -0.2) is 18.5 Å². The van der Waals surface area contributed by atoms with Crippen LogP contribution in [0, 0.1) is 0 Å². The Labute approximate surface area is 110 Å². The zero-order chi connectivity index (χ0) is 11.8. The van der Waals surface area contributed by atoms with Crippen molar-refractivity contribution in [2.24, 2.45) is 0 Å². The van der Waals surface area contributed by atoms with E-state index in [4.69, 9.17) is 32.7 Å². The molecule has 0 aromatic heterocycles. The van der Waals surface area contributed by atoms with Crippen LogP contribution in [-0.2, 0) is 15.3 Å². The molecule has 0 N–H and O–H groups in total. The van der Waals surface area contributed by atoms with Crippen LogP contribution in [0.25, 0.3) is 0 Å². The average molecular weight is 279 g/mol. The molecule has 1 aromatic carbocycles. The van der Waals surface area contributed by atoms with Crippen molar-refractivity contribution < 1.29 is 9.47 Å². The number of ether oxygens (including phenoxy) is 2. The molecule has 2 nitrogen and oxygen atoms in total. The van der Waals surface area contributed by atoms with E-state index >= 15 is 0 Å². The van der Waals surface area contributed by atoms with Gasteiger partial charge in [-0.3, -0.25) is 0 Å². The highest BCUT2D eigenvalue weighted by Crippen LogP contribution is 2.38. The van der Waals surface area contributed by atoms with Crippen LogP contribution in [0.3, 0.4) is 0 Å². The summed E-state index contributed by atoms with van der Waals surface area (Å²) in [4.78, 5) is 0. The standard InChI is InChI=1S/C11H12Cl2O2S/c1-11(14-5-8(6-16)15-11)9-3-2-7(12)4-10(9)13/h2-4,8,16H,5-6H2,1H3/t8-,11+/m0/s1. The summed E-state index contributed by atoms with van der Waals surface area (Å²) in [7, 11) is 0. The number of hydrogen-bond acceptors (Lipinski definition) is 3. The van der Waals surface area contributed by atoms with Gasteiger partial charge in [0, 0.05) is 16.3 Å². The summed E-state index contributed by atoms with van der Waals surface area (Å²) >= 11 is 16.2. The number of rotatable bonds is 2. The molecular formula is C11H12Cl2O2S. The topological polar surface area (TPSA) is 18.5 Å². The van der Waals surface area contributed by atoms with Gasteiger partial charge in [-0.15, -0.1) is 0 Å². The number of halogens is 2. The smallest absolute Gasteiger partial charge is 0.193 e. The highest BCUT2D eigenvalue weighted by molar-refractivity contribution is 7.80. The lowest BCUT2D eigenvalue weighted by Crippen LogP contribution is -2.24. The summed E-state index contributed by atoms with van der Waals surface area (Å²) in [5.41, 5.74) is 0.794. The molecule has 1 aromatic rings. The van der Waals surface area contributed by atoms with Crippen LogP contribution in [0.5, 0.6) is 0 Å². The Kier molecular flexibility index (Phi) is 3.72. The highest BCUT2D eigenvalue weighted by Gasteiger charge is 2.39. The molecule has 1 fully saturated rings. The number of thiol groups is 1. The van der Waals surface area contributed by atoms with E-state index in [1.54, 1.807) is 12.1 Å². The van der Waals surface area contributed by atoms with Crippen molar-refractivity contribution in [2.75, 3.05) is 12.4 Å². The summed E-state index contributed by atoms with van der Waals surface area (Å²) in [6.45, 7) is 2.38. The number of hydrogen-bond donors (Lipinski definition) is 1. The Balaban J connectivity index is 2.30. The zero-order valence-corrected chi connectivity index (χ0v) is 11.1. The molecule has 1 saturated heterocycles. The molecule has 0 amide bonds. The van der Waals surface area contributed by atoms with Crippen molar-refractivity contribution in [3.8, 4) is 0 Å². The van der Waals surface area contributed by atoms with Crippen LogP contribution >= 0.6 is 35.8 Å². The molecule has 5 heteroatoms. The van der Waals surface area contributed by atoms with Crippen molar-refractivity contribution in [1.82, 2.24) is 0 Å². The van der Waals surface area contributed by atoms with Gasteiger partial charge in [0.05, 0.1) is 17.7 Å². The van der Waals surface area contributed by atoms with E-state index < -0.39 is 5.79 Å². The molecule has 1 heterocycles. The Hall–Kier alpha value is 0.0700. The lowest BCUT2D eigenvalue weighted by atomic mass is 10.1. The molecule has 88 valence electrons. The van der Waals surface area contributed by atoms with Gasteiger partial charge in [-0.05, 0) is 19.1 Å². The summed E-state index contributed by atoms with van der Waals surface area (Å²) in [5.74, 6) is -0.171. The molecule has 0 aliphatic carbocycles. The third-order valence-corrected chi connectivity index (χ3v) is 3.52. The van der Waals surface area contributed by atoms with Gasteiger partial charge in [-0.1, -0.05) is 29.3 Å². The van der Waals surface area contributed by atoms with E-state index in [9.17, 15) is 0 Å². The molecule has 1 aliphatic rings. The van der Waals surface area contributed by atoms with Crippen molar-refractivity contribution in [3.05, 3.63) is 33.8 Å². The zero-order valence-electron chi connectivity index (χ0n) is 8.74. The van der Waals surface area contributed by atoms with E-state index in [-0.39, 0.29) is 6.10 Å². The molecule has 0 unspecified atom stereocenters. The van der Waals surface area contributed by atoms with E-state index in [0.717, 1.165) is 5.56 Å². The number of benzene rings is 1. The molecule has 0 spiro atoms. The Morgan fingerprint density at radius 2 is 2.25 bits per heavy atom. The lowest BCUT2D eigenvalue weighted by molar-refractivity contribution is -0.159. The molecule has 0 radical (unpaired) electrons. The maximum Gasteiger partial charge on any atom is 0.193 e. The minimum atomic E-state index is -0.797. The quantitative estimate of drug-likeness (QED) is 0.835. The molecule has 1 aliphatic heterocycles. The van der Waals surface area contributed by atoms with Gasteiger partial charge in [0.15, 0.2) is 5.79 Å². The fourth-order valence-corrected chi connectivity index (χ4v) is 2.49. The first kappa shape index (κ1) is 12.5. The third kappa shape index (κ3) is 2.34. The van der Waals surface area contributed by atoms with E-state index in [2.05, 4.69) is 12.6 Å². The summed E-state index contributed by atoms with van der Waals surface area (Å²) in [6, 6.07) is 5.28. The predicted octanol–water partition coefficient (Wildman–Crippen LogP) is 3.51. The molecular weight excluding hydrogens is 267 g/mol. The molecule has 16 heavy (non-hydrogen) atoms. The fourth-order valence-electron chi connectivity index (χ4n) is 1.73. The molecule has 0 bridgehead atoms. The first-order valence-electron chi connectivity index (χ1n) is 4.93. The summed E-state index contributed by atoms with van der Waals surface area (Å²) in [6.07, 6.45) is 0.0000723. The largest absolute Gasteiger partial charge is 0.343 e. The monoisotopic (exact) mass is 278 g/mol. The van der Waals surface area contributed by atoms with Crippen molar-refractivity contribution >= 4 is 35.8 Å². The second kappa shape index (κ2) is 4.75. The van der Waals surface area contributed by atoms with Gasteiger partial charge >= 0.3 is 0 Å². The van der Waals surface area contributed by atoms with Gasteiger partial charge in [0.1, 0.15) is 0 Å². The van der Waals surface area contributed by atoms with Crippen LogP contribution in [0.2, 0.25) is 10.0 Å². The Morgan fingerprint density at radius 3 is 2.81 bits per heavy atom. The summed E-state index contributed by atoms with van der Waals surface area (Å²) < 4.78 is 11.4. The van der Waals surface area contributed by atoms with E-state index in [0.29, 0.717) is 22.4 Å².